The summed E-state index contributed by atoms with van der Waals surface area (Å²) in [5, 5.41) is 0. The zero-order valence-corrected chi connectivity index (χ0v) is 10.6. The molecule has 0 aliphatic heterocycles. The molecule has 0 saturated heterocycles. The fourth-order valence-electron chi connectivity index (χ4n) is 0.608. The second-order valence-electron chi connectivity index (χ2n) is 1.87. The molecule has 0 unspecified atom stereocenters. The van der Waals surface area contributed by atoms with E-state index in [0.717, 1.165) is 12.1 Å². The maximum atomic E-state index is 12.2. The van der Waals surface area contributed by atoms with Gasteiger partial charge in [-0.05, 0) is 0 Å². The van der Waals surface area contributed by atoms with E-state index < -0.39 is 17.5 Å². The van der Waals surface area contributed by atoms with Gasteiger partial charge in [-0.2, -0.15) is 12.5 Å². The van der Waals surface area contributed by atoms with Gasteiger partial charge in [0, 0.05) is 0 Å². The van der Waals surface area contributed by atoms with Gasteiger partial charge in [0.2, 0.25) is 0 Å². The third-order valence-electron chi connectivity index (χ3n) is 1.04. The molecule has 0 N–H and O–H groups in total. The Kier molecular flexibility index (Phi) is 5.59. The van der Waals surface area contributed by atoms with Crippen LogP contribution in [0.2, 0.25) is 0 Å². The Morgan fingerprint density at radius 2 is 1.42 bits per heavy atom. The number of benzene rings is 1. The first-order valence-corrected chi connectivity index (χ1v) is 9.79. The van der Waals surface area contributed by atoms with Gasteiger partial charge >= 0.3 is 30.0 Å². The van der Waals surface area contributed by atoms with Crippen LogP contribution < -0.4 is 0 Å². The van der Waals surface area contributed by atoms with Crippen LogP contribution >= 0.6 is 13.6 Å². The fourth-order valence-corrected chi connectivity index (χ4v) is 0.608. The van der Waals surface area contributed by atoms with E-state index in [0.29, 0.717) is 0 Å². The number of hydrogen-bond acceptors (Lipinski definition) is 0. The topological polar surface area (TPSA) is 0 Å². The van der Waals surface area contributed by atoms with Crippen molar-refractivity contribution in [2.24, 2.45) is 0 Å². The monoisotopic (exact) mass is 288 g/mol. The maximum absolute atomic E-state index is 12.2. The first-order valence-electron chi connectivity index (χ1n) is 2.84. The molecule has 0 saturated carbocycles. The van der Waals surface area contributed by atoms with Crippen LogP contribution in [0.4, 0.5) is 13.2 Å². The van der Waals surface area contributed by atoms with Crippen LogP contribution in [-0.4, -0.2) is 0 Å². The SMILES string of the molecule is [CH2-]c1cc(F)c(F)c(F)c1.[Zn+][Br]. The molecular formula is C7H4BrF3Zn. The van der Waals surface area contributed by atoms with Crippen LogP contribution in [-0.2, 0) is 16.3 Å². The molecule has 0 heterocycles. The van der Waals surface area contributed by atoms with Crippen LogP contribution in [0.15, 0.2) is 12.1 Å². The Labute approximate surface area is 85.2 Å². The summed E-state index contributed by atoms with van der Waals surface area (Å²) in [5.41, 5.74) is 0.122. The zero-order chi connectivity index (χ0) is 9.72. The van der Waals surface area contributed by atoms with E-state index in [1.807, 2.05) is 0 Å². The minimum absolute atomic E-state index is 0.122. The van der Waals surface area contributed by atoms with E-state index in [4.69, 9.17) is 0 Å². The summed E-state index contributed by atoms with van der Waals surface area (Å²) in [7, 11) is 0. The molecule has 0 aromatic heterocycles. The molecule has 0 radical (unpaired) electrons. The van der Waals surface area contributed by atoms with E-state index in [1.165, 1.54) is 16.3 Å². The van der Waals surface area contributed by atoms with Gasteiger partial charge in [-0.15, -0.1) is 12.1 Å². The molecule has 0 bridgehead atoms. The molecule has 0 nitrogen and oxygen atoms in total. The third kappa shape index (κ3) is 3.15. The summed E-state index contributed by atoms with van der Waals surface area (Å²) < 4.78 is 36.5. The van der Waals surface area contributed by atoms with Crippen molar-refractivity contribution in [3.8, 4) is 0 Å². The summed E-state index contributed by atoms with van der Waals surface area (Å²) in [6.07, 6.45) is 0. The average molecular weight is 290 g/mol. The van der Waals surface area contributed by atoms with Gasteiger partial charge in [-0.25, -0.2) is 13.2 Å². The van der Waals surface area contributed by atoms with Crippen LogP contribution in [0, 0.1) is 24.4 Å². The van der Waals surface area contributed by atoms with E-state index in [1.54, 1.807) is 0 Å². The summed E-state index contributed by atoms with van der Waals surface area (Å²) in [5.74, 6) is -3.86. The van der Waals surface area contributed by atoms with E-state index in [2.05, 4.69) is 20.5 Å². The van der Waals surface area contributed by atoms with Crippen molar-refractivity contribution in [1.29, 1.82) is 0 Å². The van der Waals surface area contributed by atoms with Crippen LogP contribution in [0.1, 0.15) is 5.56 Å². The van der Waals surface area contributed by atoms with E-state index in [-0.39, 0.29) is 5.56 Å². The van der Waals surface area contributed by atoms with Gasteiger partial charge in [0.05, 0.1) is 0 Å². The fraction of sp³-hybridized carbons (Fsp3) is 0. The Morgan fingerprint density at radius 1 is 1.08 bits per heavy atom. The number of halogens is 4. The predicted molar refractivity (Wildman–Crippen MR) is 39.7 cm³/mol. The zero-order valence-electron chi connectivity index (χ0n) is 6.08. The summed E-state index contributed by atoms with van der Waals surface area (Å²) in [6, 6.07) is 1.66. The Bertz CT molecular complexity index is 242. The Hall–Kier alpha value is -0.0166. The third-order valence-corrected chi connectivity index (χ3v) is 1.04. The standard InChI is InChI=1S/C7H4F3.BrH.Zn/c1-4-2-5(8)7(10)6(9)3-4;;/h2-3H,1H2;1H;/q-1;;+2/p-1. The van der Waals surface area contributed by atoms with Gasteiger partial charge in [0.15, 0.2) is 5.82 Å². The summed E-state index contributed by atoms with van der Waals surface area (Å²) in [4.78, 5) is 0. The quantitative estimate of drug-likeness (QED) is 0.391. The van der Waals surface area contributed by atoms with Crippen molar-refractivity contribution in [2.45, 2.75) is 0 Å². The van der Waals surface area contributed by atoms with Crippen molar-refractivity contribution in [3.05, 3.63) is 42.1 Å². The average Bonchev–Trinajstić information content (AvgIpc) is 2.04. The molecule has 0 atom stereocenters. The van der Waals surface area contributed by atoms with Gasteiger partial charge in [0.1, 0.15) is 11.6 Å². The van der Waals surface area contributed by atoms with Crippen LogP contribution in [0.3, 0.4) is 0 Å². The first-order chi connectivity index (χ1) is 5.61. The van der Waals surface area contributed by atoms with Crippen molar-refractivity contribution in [3.63, 3.8) is 0 Å². The molecule has 1 rings (SSSR count). The molecule has 1 aromatic carbocycles. The molecule has 5 heteroatoms. The van der Waals surface area contributed by atoms with Gasteiger partial charge in [0.25, 0.3) is 0 Å². The van der Waals surface area contributed by atoms with Crippen LogP contribution in [0.25, 0.3) is 0 Å². The molecule has 1 aromatic rings. The van der Waals surface area contributed by atoms with Gasteiger partial charge in [-0.1, -0.05) is 0 Å². The van der Waals surface area contributed by atoms with Crippen molar-refractivity contribution in [2.75, 3.05) is 0 Å². The minimum atomic E-state index is -1.45. The second kappa shape index (κ2) is 5.60. The summed E-state index contributed by atoms with van der Waals surface area (Å²) >= 11 is 4.25. The Morgan fingerprint density at radius 3 is 1.75 bits per heavy atom. The molecule has 0 amide bonds. The van der Waals surface area contributed by atoms with Crippen molar-refractivity contribution >= 4 is 13.6 Å². The number of hydrogen-bond donors (Lipinski definition) is 0. The predicted octanol–water partition coefficient (Wildman–Crippen LogP) is 3.13. The molecular weight excluding hydrogens is 286 g/mol. The van der Waals surface area contributed by atoms with E-state index in [9.17, 15) is 13.2 Å². The summed E-state index contributed by atoms with van der Waals surface area (Å²) in [6.45, 7) is 3.24. The molecule has 62 valence electrons. The van der Waals surface area contributed by atoms with Crippen molar-refractivity contribution < 1.29 is 29.5 Å². The van der Waals surface area contributed by atoms with Gasteiger partial charge in [-0.3, -0.25) is 0 Å². The molecule has 0 aliphatic carbocycles. The molecule has 0 spiro atoms. The molecule has 12 heavy (non-hydrogen) atoms. The second-order valence-corrected chi connectivity index (χ2v) is 1.87. The van der Waals surface area contributed by atoms with Gasteiger partial charge < -0.3 is 0 Å². The van der Waals surface area contributed by atoms with Crippen LogP contribution in [0.5, 0.6) is 0 Å². The first kappa shape index (κ1) is 12.0. The number of rotatable bonds is 0. The Balaban J connectivity index is 0.000000561. The van der Waals surface area contributed by atoms with E-state index >= 15 is 0 Å². The normalized spacial score (nSPS) is 8.83. The van der Waals surface area contributed by atoms with Crippen molar-refractivity contribution in [1.82, 2.24) is 0 Å². The molecule has 0 aliphatic rings. The molecule has 0 fully saturated rings.